The number of aromatic nitrogens is 1. The van der Waals surface area contributed by atoms with Gasteiger partial charge in [-0.1, -0.05) is 18.2 Å². The van der Waals surface area contributed by atoms with E-state index in [1.807, 2.05) is 12.1 Å². The summed E-state index contributed by atoms with van der Waals surface area (Å²) in [6.45, 7) is -0.0850. The third-order valence-electron chi connectivity index (χ3n) is 4.48. The number of aromatic amines is 1. The van der Waals surface area contributed by atoms with Crippen LogP contribution in [0.25, 0.3) is 10.9 Å². The Morgan fingerprint density at radius 3 is 2.53 bits per heavy atom. The summed E-state index contributed by atoms with van der Waals surface area (Å²) < 4.78 is 15.4. The predicted octanol–water partition coefficient (Wildman–Crippen LogP) is 2.06. The van der Waals surface area contributed by atoms with Crippen molar-refractivity contribution in [1.29, 1.82) is 0 Å². The first-order valence-electron chi connectivity index (χ1n) is 9.28. The first kappa shape index (κ1) is 20.9. The summed E-state index contributed by atoms with van der Waals surface area (Å²) in [5.74, 6) is 0.0309. The van der Waals surface area contributed by atoms with Crippen LogP contribution in [0.5, 0.6) is 11.5 Å². The fourth-order valence-corrected chi connectivity index (χ4v) is 2.95. The number of benzene rings is 2. The van der Waals surface area contributed by atoms with Gasteiger partial charge < -0.3 is 24.5 Å². The van der Waals surface area contributed by atoms with Gasteiger partial charge in [-0.2, -0.15) is 0 Å². The number of amides is 1. The van der Waals surface area contributed by atoms with Gasteiger partial charge in [-0.15, -0.1) is 0 Å². The number of ether oxygens (including phenoxy) is 3. The predicted molar refractivity (Wildman–Crippen MR) is 111 cm³/mol. The van der Waals surface area contributed by atoms with E-state index in [0.717, 1.165) is 5.56 Å². The molecular formula is C22H22N2O6. The van der Waals surface area contributed by atoms with Gasteiger partial charge in [-0.3, -0.25) is 9.59 Å². The average Bonchev–Trinajstić information content (AvgIpc) is 2.77. The van der Waals surface area contributed by atoms with E-state index in [1.54, 1.807) is 44.6 Å². The van der Waals surface area contributed by atoms with Crippen molar-refractivity contribution in [3.05, 3.63) is 70.0 Å². The molecule has 0 atom stereocenters. The number of nitrogens with one attached hydrogen (secondary N) is 2. The monoisotopic (exact) mass is 410 g/mol. The summed E-state index contributed by atoms with van der Waals surface area (Å²) in [7, 11) is 3.12. The lowest BCUT2D eigenvalue weighted by atomic mass is 10.1. The number of rotatable bonds is 8. The Bertz CT molecular complexity index is 1120. The van der Waals surface area contributed by atoms with Gasteiger partial charge in [0.2, 0.25) is 0 Å². The number of fused-ring (bicyclic) bond motifs is 1. The summed E-state index contributed by atoms with van der Waals surface area (Å²) in [5, 5.41) is 3.16. The molecule has 30 heavy (non-hydrogen) atoms. The molecule has 0 bridgehead atoms. The number of carbonyl (C=O) groups is 2. The molecule has 3 rings (SSSR count). The quantitative estimate of drug-likeness (QED) is 0.551. The molecule has 2 aromatic carbocycles. The molecule has 8 nitrogen and oxygen atoms in total. The van der Waals surface area contributed by atoms with Gasteiger partial charge in [0, 0.05) is 23.5 Å². The van der Waals surface area contributed by atoms with Crippen molar-refractivity contribution in [2.24, 2.45) is 0 Å². The van der Waals surface area contributed by atoms with Crippen molar-refractivity contribution in [1.82, 2.24) is 10.3 Å². The van der Waals surface area contributed by atoms with Crippen molar-refractivity contribution < 1.29 is 23.8 Å². The summed E-state index contributed by atoms with van der Waals surface area (Å²) in [6, 6.07) is 13.5. The van der Waals surface area contributed by atoms with Gasteiger partial charge in [0.25, 0.3) is 5.91 Å². The summed E-state index contributed by atoms with van der Waals surface area (Å²) in [6.07, 6.45) is 0.567. The molecule has 2 N–H and O–H groups in total. The number of methoxy groups -OCH3 is 2. The summed E-state index contributed by atoms with van der Waals surface area (Å²) in [5.41, 5.74) is 1.18. The van der Waals surface area contributed by atoms with Crippen LogP contribution in [0.4, 0.5) is 0 Å². The number of esters is 1. The molecule has 0 aliphatic rings. The van der Waals surface area contributed by atoms with Gasteiger partial charge in [0.05, 0.1) is 14.2 Å². The second kappa shape index (κ2) is 9.60. The SMILES string of the molecule is COc1ccc(CCNC(=O)COC(=O)c2cc(=O)c3ccccc3[nH]2)cc1OC. The maximum atomic E-state index is 12.2. The minimum absolute atomic E-state index is 0.00294. The zero-order valence-corrected chi connectivity index (χ0v) is 16.7. The van der Waals surface area contributed by atoms with Crippen LogP contribution in [-0.2, 0) is 16.0 Å². The van der Waals surface area contributed by atoms with Crippen LogP contribution in [0.15, 0.2) is 53.3 Å². The molecular weight excluding hydrogens is 388 g/mol. The molecule has 0 spiro atoms. The Balaban J connectivity index is 1.50. The van der Waals surface area contributed by atoms with Crippen LogP contribution in [-0.4, -0.2) is 44.2 Å². The van der Waals surface area contributed by atoms with Crippen LogP contribution in [0.3, 0.4) is 0 Å². The number of hydrogen-bond acceptors (Lipinski definition) is 6. The first-order chi connectivity index (χ1) is 14.5. The van der Waals surface area contributed by atoms with E-state index in [1.165, 1.54) is 6.07 Å². The summed E-state index contributed by atoms with van der Waals surface area (Å²) in [4.78, 5) is 39.1. The lowest BCUT2D eigenvalue weighted by molar-refractivity contribution is -0.124. The molecule has 0 radical (unpaired) electrons. The second-order valence-corrected chi connectivity index (χ2v) is 6.46. The van der Waals surface area contributed by atoms with E-state index in [4.69, 9.17) is 14.2 Å². The Kier molecular flexibility index (Phi) is 6.69. The van der Waals surface area contributed by atoms with Gasteiger partial charge in [0.1, 0.15) is 5.69 Å². The minimum Gasteiger partial charge on any atom is -0.493 e. The lowest BCUT2D eigenvalue weighted by Gasteiger charge is -2.10. The van der Waals surface area contributed by atoms with Crippen molar-refractivity contribution >= 4 is 22.8 Å². The molecule has 1 amide bonds. The molecule has 0 saturated heterocycles. The van der Waals surface area contributed by atoms with Gasteiger partial charge in [-0.05, 0) is 36.2 Å². The van der Waals surface area contributed by atoms with E-state index in [-0.39, 0.29) is 11.1 Å². The Labute approximate surface area is 172 Å². The molecule has 0 fully saturated rings. The molecule has 8 heteroatoms. The topological polar surface area (TPSA) is 107 Å². The maximum Gasteiger partial charge on any atom is 0.355 e. The van der Waals surface area contributed by atoms with Crippen LogP contribution in [0.2, 0.25) is 0 Å². The Hall–Kier alpha value is -3.81. The van der Waals surface area contributed by atoms with Crippen LogP contribution in [0.1, 0.15) is 16.1 Å². The average molecular weight is 410 g/mol. The van der Waals surface area contributed by atoms with Crippen molar-refractivity contribution in [3.63, 3.8) is 0 Å². The molecule has 1 aromatic heterocycles. The number of pyridine rings is 1. The summed E-state index contributed by atoms with van der Waals surface area (Å²) >= 11 is 0. The zero-order chi connectivity index (χ0) is 21.5. The van der Waals surface area contributed by atoms with E-state index < -0.39 is 18.5 Å². The minimum atomic E-state index is -0.770. The first-order valence-corrected chi connectivity index (χ1v) is 9.28. The van der Waals surface area contributed by atoms with Gasteiger partial charge >= 0.3 is 5.97 Å². The molecule has 0 aliphatic carbocycles. The van der Waals surface area contributed by atoms with Crippen molar-refractivity contribution in [2.75, 3.05) is 27.4 Å². The molecule has 1 heterocycles. The van der Waals surface area contributed by atoms with Crippen LogP contribution < -0.4 is 20.2 Å². The Morgan fingerprint density at radius 1 is 1.00 bits per heavy atom. The standard InChI is InChI=1S/C22H22N2O6/c1-28-19-8-7-14(11-20(19)29-2)9-10-23-21(26)13-30-22(27)17-12-18(25)15-5-3-4-6-16(15)24-17/h3-8,11-12H,9-10,13H2,1-2H3,(H,23,26)(H,24,25). The van der Waals surface area contributed by atoms with Gasteiger partial charge in [-0.25, -0.2) is 4.79 Å². The highest BCUT2D eigenvalue weighted by Gasteiger charge is 2.13. The number of carbonyl (C=O) groups excluding carboxylic acids is 2. The van der Waals surface area contributed by atoms with E-state index >= 15 is 0 Å². The highest BCUT2D eigenvalue weighted by molar-refractivity contribution is 5.92. The number of hydrogen-bond donors (Lipinski definition) is 2. The molecule has 3 aromatic rings. The number of para-hydroxylation sites is 1. The van der Waals surface area contributed by atoms with Crippen LogP contribution >= 0.6 is 0 Å². The van der Waals surface area contributed by atoms with Crippen molar-refractivity contribution in [3.8, 4) is 11.5 Å². The fourth-order valence-electron chi connectivity index (χ4n) is 2.95. The number of H-pyrrole nitrogens is 1. The highest BCUT2D eigenvalue weighted by atomic mass is 16.5. The van der Waals surface area contributed by atoms with E-state index in [0.29, 0.717) is 35.4 Å². The molecule has 0 saturated carbocycles. The van der Waals surface area contributed by atoms with E-state index in [9.17, 15) is 14.4 Å². The largest absolute Gasteiger partial charge is 0.493 e. The lowest BCUT2D eigenvalue weighted by Crippen LogP contribution is -2.30. The van der Waals surface area contributed by atoms with Crippen LogP contribution in [0, 0.1) is 0 Å². The van der Waals surface area contributed by atoms with Crippen molar-refractivity contribution in [2.45, 2.75) is 6.42 Å². The van der Waals surface area contributed by atoms with E-state index in [2.05, 4.69) is 10.3 Å². The highest BCUT2D eigenvalue weighted by Crippen LogP contribution is 2.27. The second-order valence-electron chi connectivity index (χ2n) is 6.46. The molecule has 156 valence electrons. The normalized spacial score (nSPS) is 10.5. The molecule has 0 aliphatic heterocycles. The zero-order valence-electron chi connectivity index (χ0n) is 16.7. The third-order valence-corrected chi connectivity index (χ3v) is 4.48. The fraction of sp³-hybridized carbons (Fsp3) is 0.227. The molecule has 0 unspecified atom stereocenters. The maximum absolute atomic E-state index is 12.2. The van der Waals surface area contributed by atoms with Gasteiger partial charge in [0.15, 0.2) is 23.5 Å². The Morgan fingerprint density at radius 2 is 1.77 bits per heavy atom. The third kappa shape index (κ3) is 4.96. The smallest absolute Gasteiger partial charge is 0.355 e.